The predicted octanol–water partition coefficient (Wildman–Crippen LogP) is 0.542. The highest BCUT2D eigenvalue weighted by Gasteiger charge is 2.10. The van der Waals surface area contributed by atoms with E-state index in [1.54, 1.807) is 6.20 Å². The van der Waals surface area contributed by atoms with Crippen molar-refractivity contribution in [3.63, 3.8) is 0 Å². The van der Waals surface area contributed by atoms with E-state index in [1.165, 1.54) is 5.56 Å². The van der Waals surface area contributed by atoms with Crippen molar-refractivity contribution in [3.05, 3.63) is 23.4 Å². The average molecular weight is 150 g/mol. The maximum absolute atomic E-state index is 8.81. The topological polar surface area (TPSA) is 45.2 Å². The fourth-order valence-corrected chi connectivity index (χ4v) is 1.31. The van der Waals surface area contributed by atoms with Gasteiger partial charge in [-0.2, -0.15) is 0 Å². The molecule has 1 aromatic heterocycles. The van der Waals surface area contributed by atoms with Crippen LogP contribution >= 0.6 is 0 Å². The monoisotopic (exact) mass is 150 g/mol. The fourth-order valence-electron chi connectivity index (χ4n) is 1.31. The zero-order valence-corrected chi connectivity index (χ0v) is 6.17. The van der Waals surface area contributed by atoms with E-state index in [0.29, 0.717) is 0 Å². The van der Waals surface area contributed by atoms with E-state index >= 15 is 0 Å². The molecule has 0 radical (unpaired) electrons. The fraction of sp³-hybridized carbons (Fsp3) is 0.375. The highest BCUT2D eigenvalue weighted by atomic mass is 16.3. The van der Waals surface area contributed by atoms with Crippen LogP contribution in [0.25, 0.3) is 0 Å². The smallest absolute Gasteiger partial charge is 0.129 e. The molecule has 58 valence electrons. The van der Waals surface area contributed by atoms with Crippen LogP contribution in [0.4, 0.5) is 5.82 Å². The van der Waals surface area contributed by atoms with Crippen LogP contribution < -0.4 is 5.32 Å². The summed E-state index contributed by atoms with van der Waals surface area (Å²) < 4.78 is 0. The van der Waals surface area contributed by atoms with Crippen LogP contribution in [0.3, 0.4) is 0 Å². The first-order valence-corrected chi connectivity index (χ1v) is 3.72. The Bertz CT molecular complexity index is 273. The standard InChI is InChI=1S/C8H10N2O/c11-5-6-3-7-1-2-9-8(7)10-4-6/h3-4,11H,1-2,5H2,(H,9,10). The van der Waals surface area contributed by atoms with Crippen LogP contribution in [0.5, 0.6) is 0 Å². The lowest BCUT2D eigenvalue weighted by Gasteiger charge is -1.99. The van der Waals surface area contributed by atoms with E-state index in [-0.39, 0.29) is 6.61 Å². The van der Waals surface area contributed by atoms with Gasteiger partial charge < -0.3 is 10.4 Å². The molecule has 0 bridgehead atoms. The number of aliphatic hydroxyl groups excluding tert-OH is 1. The molecule has 0 unspecified atom stereocenters. The highest BCUT2D eigenvalue weighted by molar-refractivity contribution is 5.49. The third kappa shape index (κ3) is 1.07. The number of pyridine rings is 1. The van der Waals surface area contributed by atoms with Gasteiger partial charge in [0.1, 0.15) is 5.82 Å². The molecule has 0 saturated carbocycles. The van der Waals surface area contributed by atoms with Crippen LogP contribution in [0.15, 0.2) is 12.3 Å². The van der Waals surface area contributed by atoms with Crippen LogP contribution in [0.2, 0.25) is 0 Å². The van der Waals surface area contributed by atoms with Crippen LogP contribution in [-0.4, -0.2) is 16.6 Å². The van der Waals surface area contributed by atoms with E-state index in [1.807, 2.05) is 6.07 Å². The Balaban J connectivity index is 2.41. The van der Waals surface area contributed by atoms with E-state index < -0.39 is 0 Å². The van der Waals surface area contributed by atoms with Gasteiger partial charge in [0.05, 0.1) is 6.61 Å². The summed E-state index contributed by atoms with van der Waals surface area (Å²) in [5, 5.41) is 12.0. The van der Waals surface area contributed by atoms with E-state index in [4.69, 9.17) is 5.11 Å². The third-order valence-corrected chi connectivity index (χ3v) is 1.89. The molecule has 0 aliphatic carbocycles. The first-order chi connectivity index (χ1) is 5.40. The molecule has 1 aromatic rings. The molecule has 3 heteroatoms. The molecule has 0 amide bonds. The minimum absolute atomic E-state index is 0.0836. The number of aliphatic hydroxyl groups is 1. The molecule has 2 heterocycles. The normalized spacial score (nSPS) is 14.3. The van der Waals surface area contributed by atoms with Gasteiger partial charge in [0.2, 0.25) is 0 Å². The summed E-state index contributed by atoms with van der Waals surface area (Å²) >= 11 is 0. The molecule has 0 saturated heterocycles. The van der Waals surface area contributed by atoms with Crippen molar-refractivity contribution in [2.45, 2.75) is 13.0 Å². The molecule has 3 nitrogen and oxygen atoms in total. The summed E-state index contributed by atoms with van der Waals surface area (Å²) in [7, 11) is 0. The van der Waals surface area contributed by atoms with E-state index in [0.717, 1.165) is 24.3 Å². The number of hydrogen-bond donors (Lipinski definition) is 2. The lowest BCUT2D eigenvalue weighted by atomic mass is 10.2. The highest BCUT2D eigenvalue weighted by Crippen LogP contribution is 2.19. The van der Waals surface area contributed by atoms with Crippen molar-refractivity contribution in [3.8, 4) is 0 Å². The minimum atomic E-state index is 0.0836. The van der Waals surface area contributed by atoms with E-state index in [2.05, 4.69) is 10.3 Å². The van der Waals surface area contributed by atoms with Crippen molar-refractivity contribution in [2.75, 3.05) is 11.9 Å². The number of aromatic nitrogens is 1. The number of nitrogens with one attached hydrogen (secondary N) is 1. The number of anilines is 1. The molecule has 0 fully saturated rings. The molecule has 11 heavy (non-hydrogen) atoms. The van der Waals surface area contributed by atoms with Gasteiger partial charge in [0.25, 0.3) is 0 Å². The predicted molar refractivity (Wildman–Crippen MR) is 42.4 cm³/mol. The molecular weight excluding hydrogens is 140 g/mol. The summed E-state index contributed by atoms with van der Waals surface area (Å²) in [5.41, 5.74) is 2.11. The molecule has 1 aliphatic heterocycles. The SMILES string of the molecule is OCc1cnc2c(c1)CCN2. The number of rotatable bonds is 1. The quantitative estimate of drug-likeness (QED) is 0.614. The van der Waals surface area contributed by atoms with Crippen molar-refractivity contribution in [1.82, 2.24) is 4.98 Å². The van der Waals surface area contributed by atoms with Crippen molar-refractivity contribution in [2.24, 2.45) is 0 Å². The molecule has 2 N–H and O–H groups in total. The number of fused-ring (bicyclic) bond motifs is 1. The van der Waals surface area contributed by atoms with Gasteiger partial charge in [-0.3, -0.25) is 0 Å². The average Bonchev–Trinajstić information content (AvgIpc) is 2.50. The maximum Gasteiger partial charge on any atom is 0.129 e. The van der Waals surface area contributed by atoms with Gasteiger partial charge in [0, 0.05) is 12.7 Å². The Kier molecular flexibility index (Phi) is 1.51. The van der Waals surface area contributed by atoms with Gasteiger partial charge in [-0.25, -0.2) is 4.98 Å². The van der Waals surface area contributed by atoms with Crippen molar-refractivity contribution in [1.29, 1.82) is 0 Å². The van der Waals surface area contributed by atoms with E-state index in [9.17, 15) is 0 Å². The molecule has 0 atom stereocenters. The third-order valence-electron chi connectivity index (χ3n) is 1.89. The largest absolute Gasteiger partial charge is 0.392 e. The molecule has 1 aliphatic rings. The molecule has 0 aromatic carbocycles. The summed E-state index contributed by atoms with van der Waals surface area (Å²) in [6.07, 6.45) is 2.73. The number of nitrogens with zero attached hydrogens (tertiary/aromatic N) is 1. The second-order valence-electron chi connectivity index (χ2n) is 2.69. The summed E-state index contributed by atoms with van der Waals surface area (Å²) in [5.74, 6) is 0.974. The van der Waals surface area contributed by atoms with Gasteiger partial charge in [-0.15, -0.1) is 0 Å². The Labute approximate surface area is 65.1 Å². The summed E-state index contributed by atoms with van der Waals surface area (Å²) in [6.45, 7) is 1.05. The Morgan fingerprint density at radius 2 is 2.55 bits per heavy atom. The Morgan fingerprint density at radius 1 is 1.64 bits per heavy atom. The second-order valence-corrected chi connectivity index (χ2v) is 2.69. The first kappa shape index (κ1) is 6.61. The second kappa shape index (κ2) is 2.51. The zero-order valence-electron chi connectivity index (χ0n) is 6.17. The molecule has 0 spiro atoms. The van der Waals surface area contributed by atoms with Crippen LogP contribution in [-0.2, 0) is 13.0 Å². The maximum atomic E-state index is 8.81. The lowest BCUT2D eigenvalue weighted by molar-refractivity contribution is 0.281. The Hall–Kier alpha value is -1.09. The zero-order chi connectivity index (χ0) is 7.68. The van der Waals surface area contributed by atoms with Gasteiger partial charge in [-0.05, 0) is 23.6 Å². The molecular formula is C8H10N2O. The lowest BCUT2D eigenvalue weighted by Crippen LogP contribution is -1.93. The van der Waals surface area contributed by atoms with Crippen LogP contribution in [0, 0.1) is 0 Å². The van der Waals surface area contributed by atoms with Crippen LogP contribution in [0.1, 0.15) is 11.1 Å². The number of hydrogen-bond acceptors (Lipinski definition) is 3. The summed E-state index contributed by atoms with van der Waals surface area (Å²) in [4.78, 5) is 4.16. The van der Waals surface area contributed by atoms with Gasteiger partial charge in [0.15, 0.2) is 0 Å². The van der Waals surface area contributed by atoms with Gasteiger partial charge >= 0.3 is 0 Å². The Morgan fingerprint density at radius 3 is 3.36 bits per heavy atom. The first-order valence-electron chi connectivity index (χ1n) is 3.72. The van der Waals surface area contributed by atoms with Crippen molar-refractivity contribution < 1.29 is 5.11 Å². The van der Waals surface area contributed by atoms with Gasteiger partial charge in [-0.1, -0.05) is 0 Å². The molecule has 2 rings (SSSR count). The van der Waals surface area contributed by atoms with Crippen molar-refractivity contribution >= 4 is 5.82 Å². The summed E-state index contributed by atoms with van der Waals surface area (Å²) in [6, 6.07) is 2.00. The minimum Gasteiger partial charge on any atom is -0.392 e.